The minimum Gasteiger partial charge on any atom is -0.482 e. The van der Waals surface area contributed by atoms with Gasteiger partial charge in [-0.05, 0) is 18.6 Å². The van der Waals surface area contributed by atoms with E-state index in [2.05, 4.69) is 11.9 Å². The Morgan fingerprint density at radius 2 is 2.25 bits per heavy atom. The number of aryl methyl sites for hydroxylation is 1. The van der Waals surface area contributed by atoms with Crippen LogP contribution >= 0.6 is 11.6 Å². The maximum Gasteiger partial charge on any atom is 0.199 e. The molecule has 16 heavy (non-hydrogen) atoms. The Hall–Kier alpha value is -1.22. The van der Waals surface area contributed by atoms with Gasteiger partial charge in [-0.1, -0.05) is 13.0 Å². The summed E-state index contributed by atoms with van der Waals surface area (Å²) in [6.45, 7) is 2.14. The third-order valence-electron chi connectivity index (χ3n) is 2.58. The van der Waals surface area contributed by atoms with Crippen LogP contribution in [-0.2, 0) is 12.3 Å². The summed E-state index contributed by atoms with van der Waals surface area (Å²) in [7, 11) is 1.67. The third kappa shape index (κ3) is 1.76. The van der Waals surface area contributed by atoms with Crippen LogP contribution in [0.1, 0.15) is 24.9 Å². The summed E-state index contributed by atoms with van der Waals surface area (Å²) in [6, 6.07) is 5.92. The van der Waals surface area contributed by atoms with Gasteiger partial charge in [0.2, 0.25) is 0 Å². The van der Waals surface area contributed by atoms with E-state index in [1.165, 1.54) is 0 Å². The van der Waals surface area contributed by atoms with E-state index in [0.717, 1.165) is 35.8 Å². The number of rotatable bonds is 4. The van der Waals surface area contributed by atoms with E-state index < -0.39 is 0 Å². The van der Waals surface area contributed by atoms with Crippen molar-refractivity contribution in [2.24, 2.45) is 0 Å². The van der Waals surface area contributed by atoms with Crippen LogP contribution in [0.15, 0.2) is 18.2 Å². The van der Waals surface area contributed by atoms with Crippen molar-refractivity contribution in [2.45, 2.75) is 25.6 Å². The normalized spacial score (nSPS) is 10.9. The molecular weight excluding hydrogens is 224 g/mol. The molecule has 0 aliphatic carbocycles. The number of aromatic nitrogens is 2. The number of hydrogen-bond donors (Lipinski definition) is 0. The number of hydrogen-bond acceptors (Lipinski definition) is 2. The molecule has 2 heterocycles. The molecule has 0 saturated heterocycles. The zero-order chi connectivity index (χ0) is 11.5. The number of imidazole rings is 1. The lowest BCUT2D eigenvalue weighted by Gasteiger charge is -2.06. The lowest BCUT2D eigenvalue weighted by Crippen LogP contribution is -1.98. The molecule has 0 fully saturated rings. The Labute approximate surface area is 100 Å². The van der Waals surface area contributed by atoms with Gasteiger partial charge in [0.05, 0.1) is 24.2 Å². The van der Waals surface area contributed by atoms with Crippen LogP contribution in [0.5, 0.6) is 5.88 Å². The second-order valence-electron chi connectivity index (χ2n) is 3.65. The van der Waals surface area contributed by atoms with Gasteiger partial charge in [-0.25, -0.2) is 4.98 Å². The molecule has 0 amide bonds. The number of ether oxygens (including phenoxy) is 1. The number of fused-ring (bicyclic) bond motifs is 1. The average Bonchev–Trinajstić information content (AvgIpc) is 2.68. The van der Waals surface area contributed by atoms with Crippen molar-refractivity contribution in [3.63, 3.8) is 0 Å². The Morgan fingerprint density at radius 1 is 1.44 bits per heavy atom. The molecule has 0 aliphatic rings. The molecule has 0 radical (unpaired) electrons. The molecule has 0 N–H and O–H groups in total. The van der Waals surface area contributed by atoms with Crippen LogP contribution in [0.25, 0.3) is 5.52 Å². The highest BCUT2D eigenvalue weighted by Gasteiger charge is 2.12. The standard InChI is InChI=1S/C12H15ClN2O/c1-3-5-11-14-9(8-13)10-6-4-7-12(16-2)15(10)11/h4,6-7H,3,5,8H2,1-2H3. The van der Waals surface area contributed by atoms with Gasteiger partial charge < -0.3 is 4.74 Å². The van der Waals surface area contributed by atoms with E-state index in [1.54, 1.807) is 7.11 Å². The molecule has 0 aromatic carbocycles. The molecule has 2 rings (SSSR count). The average molecular weight is 239 g/mol. The molecule has 0 unspecified atom stereocenters. The lowest BCUT2D eigenvalue weighted by molar-refractivity contribution is 0.390. The van der Waals surface area contributed by atoms with Gasteiger partial charge >= 0.3 is 0 Å². The molecule has 0 bridgehead atoms. The zero-order valence-electron chi connectivity index (χ0n) is 9.53. The van der Waals surface area contributed by atoms with Crippen LogP contribution < -0.4 is 4.74 Å². The van der Waals surface area contributed by atoms with Crippen LogP contribution in [0.2, 0.25) is 0 Å². The quantitative estimate of drug-likeness (QED) is 0.766. The monoisotopic (exact) mass is 238 g/mol. The van der Waals surface area contributed by atoms with Crippen molar-refractivity contribution in [1.82, 2.24) is 9.38 Å². The van der Waals surface area contributed by atoms with Gasteiger partial charge in [0.15, 0.2) is 5.88 Å². The molecule has 2 aromatic rings. The number of nitrogens with zero attached hydrogens (tertiary/aromatic N) is 2. The molecule has 2 aromatic heterocycles. The van der Waals surface area contributed by atoms with Gasteiger partial charge in [-0.3, -0.25) is 4.40 Å². The largest absolute Gasteiger partial charge is 0.482 e. The van der Waals surface area contributed by atoms with Crippen molar-refractivity contribution in [3.8, 4) is 5.88 Å². The van der Waals surface area contributed by atoms with Crippen LogP contribution in [0.3, 0.4) is 0 Å². The fraction of sp³-hybridized carbons (Fsp3) is 0.417. The van der Waals surface area contributed by atoms with E-state index in [9.17, 15) is 0 Å². The maximum atomic E-state index is 5.90. The summed E-state index contributed by atoms with van der Waals surface area (Å²) >= 11 is 5.90. The third-order valence-corrected chi connectivity index (χ3v) is 2.83. The molecule has 0 atom stereocenters. The Balaban J connectivity index is 2.69. The minimum absolute atomic E-state index is 0.431. The van der Waals surface area contributed by atoms with E-state index in [4.69, 9.17) is 16.3 Å². The Kier molecular flexibility index (Phi) is 3.34. The van der Waals surface area contributed by atoms with Gasteiger partial charge in [-0.15, -0.1) is 11.6 Å². The Morgan fingerprint density at radius 3 is 2.88 bits per heavy atom. The Bertz CT molecular complexity index is 493. The number of halogens is 1. The fourth-order valence-corrected chi connectivity index (χ4v) is 2.09. The molecule has 4 heteroatoms. The first-order valence-corrected chi connectivity index (χ1v) is 5.94. The van der Waals surface area contributed by atoms with Gasteiger partial charge in [0, 0.05) is 6.42 Å². The summed E-state index contributed by atoms with van der Waals surface area (Å²) in [4.78, 5) is 4.56. The first kappa shape index (κ1) is 11.3. The molecule has 0 aliphatic heterocycles. The van der Waals surface area contributed by atoms with Gasteiger partial charge in [0.1, 0.15) is 5.82 Å². The molecule has 86 valence electrons. The van der Waals surface area contributed by atoms with Crippen molar-refractivity contribution in [3.05, 3.63) is 29.7 Å². The topological polar surface area (TPSA) is 26.5 Å². The summed E-state index contributed by atoms with van der Waals surface area (Å²) < 4.78 is 7.40. The van der Waals surface area contributed by atoms with Crippen molar-refractivity contribution in [1.29, 1.82) is 0 Å². The molecule has 0 saturated carbocycles. The van der Waals surface area contributed by atoms with Crippen molar-refractivity contribution < 1.29 is 4.74 Å². The molecular formula is C12H15ClN2O. The number of methoxy groups -OCH3 is 1. The maximum absolute atomic E-state index is 5.90. The lowest BCUT2D eigenvalue weighted by atomic mass is 10.3. The number of alkyl halides is 1. The molecule has 3 nitrogen and oxygen atoms in total. The van der Waals surface area contributed by atoms with E-state index >= 15 is 0 Å². The van der Waals surface area contributed by atoms with E-state index in [-0.39, 0.29) is 0 Å². The first-order chi connectivity index (χ1) is 7.81. The second kappa shape index (κ2) is 4.74. The van der Waals surface area contributed by atoms with Crippen LogP contribution in [0, 0.1) is 0 Å². The van der Waals surface area contributed by atoms with E-state index in [1.807, 2.05) is 22.6 Å². The van der Waals surface area contributed by atoms with Gasteiger partial charge in [0.25, 0.3) is 0 Å². The summed E-state index contributed by atoms with van der Waals surface area (Å²) in [5.74, 6) is 2.26. The van der Waals surface area contributed by atoms with E-state index in [0.29, 0.717) is 5.88 Å². The molecule has 0 spiro atoms. The fourth-order valence-electron chi connectivity index (χ4n) is 1.89. The number of pyridine rings is 1. The smallest absolute Gasteiger partial charge is 0.199 e. The summed E-state index contributed by atoms with van der Waals surface area (Å²) in [6.07, 6.45) is 1.98. The first-order valence-electron chi connectivity index (χ1n) is 5.41. The summed E-state index contributed by atoms with van der Waals surface area (Å²) in [5, 5.41) is 0. The van der Waals surface area contributed by atoms with Crippen LogP contribution in [-0.4, -0.2) is 16.5 Å². The second-order valence-corrected chi connectivity index (χ2v) is 3.91. The van der Waals surface area contributed by atoms with Crippen molar-refractivity contribution >= 4 is 17.1 Å². The highest BCUT2D eigenvalue weighted by atomic mass is 35.5. The van der Waals surface area contributed by atoms with Crippen molar-refractivity contribution in [2.75, 3.05) is 7.11 Å². The van der Waals surface area contributed by atoms with Crippen LogP contribution in [0.4, 0.5) is 0 Å². The predicted molar refractivity (Wildman–Crippen MR) is 65.3 cm³/mol. The van der Waals surface area contributed by atoms with Gasteiger partial charge in [-0.2, -0.15) is 0 Å². The highest BCUT2D eigenvalue weighted by molar-refractivity contribution is 6.17. The highest BCUT2D eigenvalue weighted by Crippen LogP contribution is 2.22. The SMILES string of the molecule is CCCc1nc(CCl)c2cccc(OC)n12. The summed E-state index contributed by atoms with van der Waals surface area (Å²) in [5.41, 5.74) is 1.96. The minimum atomic E-state index is 0.431. The zero-order valence-corrected chi connectivity index (χ0v) is 10.3. The predicted octanol–water partition coefficient (Wildman–Crippen LogP) is 3.03.